The minimum atomic E-state index is -0.462. The SMILES string of the molecule is CC(C)(C)C(=O)Nc1noc(C2CN3CCC2CC3)n1. The molecule has 0 aliphatic carbocycles. The summed E-state index contributed by atoms with van der Waals surface area (Å²) >= 11 is 0. The predicted molar refractivity (Wildman–Crippen MR) is 74.3 cm³/mol. The van der Waals surface area contributed by atoms with Gasteiger partial charge >= 0.3 is 0 Å². The first-order valence-corrected chi connectivity index (χ1v) is 7.31. The molecule has 1 N–H and O–H groups in total. The number of nitrogens with zero attached hydrogens (tertiary/aromatic N) is 3. The Morgan fingerprint density at radius 2 is 2.05 bits per heavy atom. The summed E-state index contributed by atoms with van der Waals surface area (Å²) in [6, 6.07) is 0. The second-order valence-electron chi connectivity index (χ2n) is 6.90. The molecule has 2 bridgehead atoms. The molecule has 110 valence electrons. The highest BCUT2D eigenvalue weighted by molar-refractivity contribution is 5.92. The van der Waals surface area contributed by atoms with Gasteiger partial charge in [-0.2, -0.15) is 4.98 Å². The fourth-order valence-electron chi connectivity index (χ4n) is 2.97. The van der Waals surface area contributed by atoms with E-state index in [4.69, 9.17) is 4.52 Å². The molecule has 0 saturated carbocycles. The monoisotopic (exact) mass is 278 g/mol. The average Bonchev–Trinajstić information content (AvgIpc) is 2.87. The van der Waals surface area contributed by atoms with E-state index in [0.717, 1.165) is 6.54 Å². The Hall–Kier alpha value is -1.43. The van der Waals surface area contributed by atoms with Gasteiger partial charge < -0.3 is 9.42 Å². The number of piperidine rings is 3. The van der Waals surface area contributed by atoms with Gasteiger partial charge in [0, 0.05) is 12.0 Å². The average molecular weight is 278 g/mol. The highest BCUT2D eigenvalue weighted by Gasteiger charge is 2.38. The highest BCUT2D eigenvalue weighted by atomic mass is 16.5. The second kappa shape index (κ2) is 4.84. The summed E-state index contributed by atoms with van der Waals surface area (Å²) in [4.78, 5) is 18.7. The summed E-state index contributed by atoms with van der Waals surface area (Å²) in [5, 5.41) is 6.61. The largest absolute Gasteiger partial charge is 0.337 e. The number of aromatic nitrogens is 2. The topological polar surface area (TPSA) is 71.3 Å². The zero-order chi connectivity index (χ0) is 14.3. The van der Waals surface area contributed by atoms with Gasteiger partial charge in [-0.05, 0) is 37.0 Å². The lowest BCUT2D eigenvalue weighted by atomic mass is 9.79. The van der Waals surface area contributed by atoms with Crippen molar-refractivity contribution in [2.24, 2.45) is 11.3 Å². The van der Waals surface area contributed by atoms with Crippen LogP contribution in [0.5, 0.6) is 0 Å². The van der Waals surface area contributed by atoms with E-state index in [-0.39, 0.29) is 11.9 Å². The van der Waals surface area contributed by atoms with E-state index >= 15 is 0 Å². The van der Waals surface area contributed by atoms with E-state index in [1.807, 2.05) is 20.8 Å². The minimum Gasteiger partial charge on any atom is -0.337 e. The second-order valence-corrected chi connectivity index (χ2v) is 6.90. The minimum absolute atomic E-state index is 0.0984. The van der Waals surface area contributed by atoms with E-state index in [1.54, 1.807) is 0 Å². The smallest absolute Gasteiger partial charge is 0.270 e. The number of amides is 1. The third kappa shape index (κ3) is 2.57. The standard InChI is InChI=1S/C14H22N4O2/c1-14(2,3)12(19)16-13-15-11(20-17-13)10-8-18-6-4-9(10)5-7-18/h9-10H,4-8H2,1-3H3,(H,16,17,19). The molecule has 0 radical (unpaired) electrons. The summed E-state index contributed by atoms with van der Waals surface area (Å²) in [6.45, 7) is 8.94. The molecule has 3 aliphatic heterocycles. The number of fused-ring (bicyclic) bond motifs is 3. The van der Waals surface area contributed by atoms with Crippen molar-refractivity contribution in [3.63, 3.8) is 0 Å². The number of carbonyl (C=O) groups is 1. The molecule has 20 heavy (non-hydrogen) atoms. The quantitative estimate of drug-likeness (QED) is 0.894. The molecule has 1 atom stereocenters. The Labute approximate surface area is 118 Å². The molecule has 3 saturated heterocycles. The van der Waals surface area contributed by atoms with Crippen LogP contribution in [0.4, 0.5) is 5.95 Å². The van der Waals surface area contributed by atoms with E-state index in [1.165, 1.54) is 25.9 Å². The van der Waals surface area contributed by atoms with Crippen molar-refractivity contribution in [2.45, 2.75) is 39.5 Å². The van der Waals surface area contributed by atoms with Crippen molar-refractivity contribution < 1.29 is 9.32 Å². The van der Waals surface area contributed by atoms with Crippen LogP contribution in [0.3, 0.4) is 0 Å². The van der Waals surface area contributed by atoms with Gasteiger partial charge in [-0.25, -0.2) is 0 Å². The molecular formula is C14H22N4O2. The zero-order valence-corrected chi connectivity index (χ0v) is 12.3. The number of carbonyl (C=O) groups excluding carboxylic acids is 1. The molecule has 0 spiro atoms. The van der Waals surface area contributed by atoms with E-state index < -0.39 is 5.41 Å². The first-order chi connectivity index (χ1) is 9.43. The predicted octanol–water partition coefficient (Wildman–Crippen LogP) is 1.86. The fourth-order valence-corrected chi connectivity index (χ4v) is 2.97. The highest BCUT2D eigenvalue weighted by Crippen LogP contribution is 2.38. The summed E-state index contributed by atoms with van der Waals surface area (Å²) in [5.41, 5.74) is -0.462. The van der Waals surface area contributed by atoms with Crippen LogP contribution in [0.1, 0.15) is 45.4 Å². The van der Waals surface area contributed by atoms with Crippen molar-refractivity contribution in [2.75, 3.05) is 25.0 Å². The Morgan fingerprint density at radius 1 is 1.35 bits per heavy atom. The summed E-state index contributed by atoms with van der Waals surface area (Å²) in [5.74, 6) is 1.83. The number of anilines is 1. The van der Waals surface area contributed by atoms with Crippen LogP contribution in [0, 0.1) is 11.3 Å². The number of nitrogens with one attached hydrogen (secondary N) is 1. The third-order valence-electron chi connectivity index (χ3n) is 4.32. The van der Waals surface area contributed by atoms with Gasteiger partial charge in [-0.15, -0.1) is 0 Å². The Balaban J connectivity index is 1.70. The van der Waals surface area contributed by atoms with Crippen LogP contribution >= 0.6 is 0 Å². The lowest BCUT2D eigenvalue weighted by molar-refractivity contribution is -0.123. The van der Waals surface area contributed by atoms with Crippen LogP contribution in [-0.4, -0.2) is 40.6 Å². The van der Waals surface area contributed by atoms with Crippen LogP contribution in [-0.2, 0) is 4.79 Å². The molecular weight excluding hydrogens is 256 g/mol. The van der Waals surface area contributed by atoms with Crippen molar-refractivity contribution in [3.8, 4) is 0 Å². The van der Waals surface area contributed by atoms with E-state index in [2.05, 4.69) is 20.4 Å². The summed E-state index contributed by atoms with van der Waals surface area (Å²) in [6.07, 6.45) is 2.41. The lowest BCUT2D eigenvalue weighted by Gasteiger charge is -2.43. The fraction of sp³-hybridized carbons (Fsp3) is 0.786. The summed E-state index contributed by atoms with van der Waals surface area (Å²) < 4.78 is 5.37. The van der Waals surface area contributed by atoms with Crippen LogP contribution in [0.2, 0.25) is 0 Å². The Morgan fingerprint density at radius 3 is 2.60 bits per heavy atom. The van der Waals surface area contributed by atoms with Gasteiger partial charge in [0.2, 0.25) is 11.8 Å². The molecule has 1 unspecified atom stereocenters. The molecule has 4 rings (SSSR count). The molecule has 4 heterocycles. The molecule has 1 aromatic heterocycles. The normalized spacial score (nSPS) is 29.4. The van der Waals surface area contributed by atoms with Gasteiger partial charge in [-0.3, -0.25) is 10.1 Å². The van der Waals surface area contributed by atoms with Gasteiger partial charge in [-0.1, -0.05) is 20.8 Å². The van der Waals surface area contributed by atoms with Gasteiger partial charge in [0.25, 0.3) is 5.95 Å². The summed E-state index contributed by atoms with van der Waals surface area (Å²) in [7, 11) is 0. The van der Waals surface area contributed by atoms with Crippen LogP contribution in [0.15, 0.2) is 4.52 Å². The van der Waals surface area contributed by atoms with Crippen molar-refractivity contribution >= 4 is 11.9 Å². The molecule has 3 aliphatic rings. The van der Waals surface area contributed by atoms with Crippen LogP contribution in [0.25, 0.3) is 0 Å². The number of hydrogen-bond donors (Lipinski definition) is 1. The van der Waals surface area contributed by atoms with E-state index in [9.17, 15) is 4.79 Å². The molecule has 1 amide bonds. The maximum absolute atomic E-state index is 11.9. The van der Waals surface area contributed by atoms with Crippen LogP contribution < -0.4 is 5.32 Å². The Kier molecular flexibility index (Phi) is 3.28. The van der Waals surface area contributed by atoms with Crippen molar-refractivity contribution in [1.82, 2.24) is 15.0 Å². The first-order valence-electron chi connectivity index (χ1n) is 7.31. The van der Waals surface area contributed by atoms with Gasteiger partial charge in [0.15, 0.2) is 0 Å². The maximum atomic E-state index is 11.9. The molecule has 1 aromatic rings. The molecule has 3 fully saturated rings. The van der Waals surface area contributed by atoms with Gasteiger partial charge in [0.05, 0.1) is 5.92 Å². The molecule has 6 heteroatoms. The van der Waals surface area contributed by atoms with Crippen molar-refractivity contribution in [1.29, 1.82) is 0 Å². The molecule has 6 nitrogen and oxygen atoms in total. The zero-order valence-electron chi connectivity index (χ0n) is 12.3. The van der Waals surface area contributed by atoms with Gasteiger partial charge in [0.1, 0.15) is 0 Å². The number of hydrogen-bond acceptors (Lipinski definition) is 5. The third-order valence-corrected chi connectivity index (χ3v) is 4.32. The van der Waals surface area contributed by atoms with Crippen molar-refractivity contribution in [3.05, 3.63) is 5.89 Å². The molecule has 0 aromatic carbocycles. The maximum Gasteiger partial charge on any atom is 0.270 e. The number of rotatable bonds is 2. The first kappa shape index (κ1) is 13.5. The lowest BCUT2D eigenvalue weighted by Crippen LogP contribution is -2.46. The van der Waals surface area contributed by atoms with E-state index in [0.29, 0.717) is 17.7 Å². The Bertz CT molecular complexity index is 498.